The van der Waals surface area contributed by atoms with Gasteiger partial charge >= 0.3 is 0 Å². The number of rotatable bonds is 4. The largest absolute Gasteiger partial charge is 0.395 e. The van der Waals surface area contributed by atoms with Crippen LogP contribution >= 0.6 is 0 Å². The fourth-order valence-electron chi connectivity index (χ4n) is 2.60. The van der Waals surface area contributed by atoms with Crippen molar-refractivity contribution in [3.05, 3.63) is 11.8 Å². The molecule has 2 unspecified atom stereocenters. The maximum Gasteiger partial charge on any atom is 0.239 e. The Kier molecular flexibility index (Phi) is 4.55. The highest BCUT2D eigenvalue weighted by Crippen LogP contribution is 2.22. The topological polar surface area (TPSA) is 78.6 Å². The van der Waals surface area contributed by atoms with Crippen molar-refractivity contribution < 1.29 is 14.4 Å². The molecule has 1 aromatic rings. The number of aliphatic hydroxyl groups is 1. The zero-order chi connectivity index (χ0) is 13.8. The van der Waals surface area contributed by atoms with Crippen LogP contribution in [0.15, 0.2) is 10.6 Å². The number of amides is 1. The van der Waals surface area contributed by atoms with Crippen LogP contribution in [-0.4, -0.2) is 46.3 Å². The summed E-state index contributed by atoms with van der Waals surface area (Å²) in [5, 5.41) is 15.8. The molecule has 1 aliphatic heterocycles. The Hall–Kier alpha value is -1.40. The van der Waals surface area contributed by atoms with E-state index in [1.54, 1.807) is 13.0 Å². The molecule has 6 heteroatoms. The first kappa shape index (κ1) is 14.0. The first-order valence-corrected chi connectivity index (χ1v) is 6.70. The van der Waals surface area contributed by atoms with Crippen molar-refractivity contribution in [3.63, 3.8) is 0 Å². The monoisotopic (exact) mass is 267 g/mol. The number of piperidine rings is 1. The second-order valence-electron chi connectivity index (χ2n) is 5.16. The van der Waals surface area contributed by atoms with Crippen LogP contribution in [0.5, 0.6) is 0 Å². The number of carbonyl (C=O) groups excluding carboxylic acids is 1. The smallest absolute Gasteiger partial charge is 0.239 e. The van der Waals surface area contributed by atoms with Crippen LogP contribution in [0.4, 0.5) is 5.82 Å². The minimum atomic E-state index is -0.125. The van der Waals surface area contributed by atoms with Crippen LogP contribution < -0.4 is 5.32 Å². The molecular formula is C13H21N3O3. The van der Waals surface area contributed by atoms with E-state index in [1.165, 1.54) is 0 Å². The average Bonchev–Trinajstić information content (AvgIpc) is 2.77. The van der Waals surface area contributed by atoms with Crippen molar-refractivity contribution in [2.24, 2.45) is 0 Å². The second kappa shape index (κ2) is 6.16. The fraction of sp³-hybridized carbons (Fsp3) is 0.692. The second-order valence-corrected chi connectivity index (χ2v) is 5.16. The molecular weight excluding hydrogens is 246 g/mol. The number of anilines is 1. The Morgan fingerprint density at radius 2 is 2.42 bits per heavy atom. The van der Waals surface area contributed by atoms with E-state index in [9.17, 15) is 9.90 Å². The van der Waals surface area contributed by atoms with Crippen LogP contribution in [0, 0.1) is 6.92 Å². The Bertz CT molecular complexity index is 433. The van der Waals surface area contributed by atoms with Crippen LogP contribution in [0.1, 0.15) is 31.9 Å². The van der Waals surface area contributed by atoms with Crippen molar-refractivity contribution >= 4 is 11.7 Å². The Morgan fingerprint density at radius 1 is 1.63 bits per heavy atom. The highest BCUT2D eigenvalue weighted by Gasteiger charge is 2.28. The third kappa shape index (κ3) is 3.54. The number of carbonyl (C=O) groups is 1. The number of hydrogen-bond donors (Lipinski definition) is 2. The fourth-order valence-corrected chi connectivity index (χ4v) is 2.60. The molecule has 2 heterocycles. The van der Waals surface area contributed by atoms with Crippen molar-refractivity contribution in [1.82, 2.24) is 10.1 Å². The lowest BCUT2D eigenvalue weighted by Gasteiger charge is -2.39. The molecule has 1 saturated heterocycles. The van der Waals surface area contributed by atoms with E-state index < -0.39 is 0 Å². The first-order chi connectivity index (χ1) is 9.10. The summed E-state index contributed by atoms with van der Waals surface area (Å²) in [5.41, 5.74) is 0. The summed E-state index contributed by atoms with van der Waals surface area (Å²) in [5.74, 6) is 0.975. The number of nitrogens with zero attached hydrogens (tertiary/aromatic N) is 2. The predicted molar refractivity (Wildman–Crippen MR) is 70.8 cm³/mol. The van der Waals surface area contributed by atoms with Crippen molar-refractivity contribution in [2.75, 3.05) is 18.5 Å². The van der Waals surface area contributed by atoms with Crippen LogP contribution in [0.3, 0.4) is 0 Å². The SMILES string of the molecule is Cc1cc(NC(=O)CN2C(C)CCCC2CO)no1. The Morgan fingerprint density at radius 3 is 3.05 bits per heavy atom. The minimum absolute atomic E-state index is 0.0774. The number of aryl methyl sites for hydroxylation is 1. The standard InChI is InChI=1S/C13H21N3O3/c1-9-4-3-5-11(8-17)16(9)7-13(18)14-12-6-10(2)19-15-12/h6,9,11,17H,3-5,7-8H2,1-2H3,(H,14,15,18). The van der Waals surface area contributed by atoms with Gasteiger partial charge in [-0.2, -0.15) is 0 Å². The molecule has 2 atom stereocenters. The van der Waals surface area contributed by atoms with Crippen molar-refractivity contribution in [3.8, 4) is 0 Å². The lowest BCUT2D eigenvalue weighted by Crippen LogP contribution is -2.50. The molecule has 6 nitrogen and oxygen atoms in total. The van der Waals surface area contributed by atoms with E-state index in [2.05, 4.69) is 22.3 Å². The van der Waals surface area contributed by atoms with Gasteiger partial charge in [-0.1, -0.05) is 11.6 Å². The normalized spacial score (nSPS) is 24.4. The van der Waals surface area contributed by atoms with Crippen molar-refractivity contribution in [2.45, 2.75) is 45.2 Å². The highest BCUT2D eigenvalue weighted by atomic mass is 16.5. The molecule has 0 bridgehead atoms. The van der Waals surface area contributed by atoms with E-state index >= 15 is 0 Å². The maximum absolute atomic E-state index is 12.0. The molecule has 0 saturated carbocycles. The summed E-state index contributed by atoms with van der Waals surface area (Å²) in [4.78, 5) is 14.0. The quantitative estimate of drug-likeness (QED) is 0.855. The molecule has 1 aliphatic rings. The lowest BCUT2D eigenvalue weighted by atomic mass is 9.97. The van der Waals surface area contributed by atoms with E-state index in [-0.39, 0.29) is 25.1 Å². The molecule has 0 aliphatic carbocycles. The molecule has 2 rings (SSSR count). The zero-order valence-corrected chi connectivity index (χ0v) is 11.4. The van der Waals surface area contributed by atoms with Gasteiger partial charge in [0, 0.05) is 18.2 Å². The summed E-state index contributed by atoms with van der Waals surface area (Å²) in [6, 6.07) is 2.07. The summed E-state index contributed by atoms with van der Waals surface area (Å²) in [6.07, 6.45) is 3.11. The molecule has 0 spiro atoms. The number of aliphatic hydroxyl groups excluding tert-OH is 1. The highest BCUT2D eigenvalue weighted by molar-refractivity contribution is 5.91. The Balaban J connectivity index is 1.92. The van der Waals surface area contributed by atoms with Gasteiger partial charge < -0.3 is 14.9 Å². The molecule has 0 aromatic carbocycles. The van der Waals surface area contributed by atoms with Gasteiger partial charge in [-0.15, -0.1) is 0 Å². The molecule has 19 heavy (non-hydrogen) atoms. The van der Waals surface area contributed by atoms with Gasteiger partial charge in [0.25, 0.3) is 0 Å². The van der Waals surface area contributed by atoms with Gasteiger partial charge in [0.2, 0.25) is 5.91 Å². The first-order valence-electron chi connectivity index (χ1n) is 6.70. The lowest BCUT2D eigenvalue weighted by molar-refractivity contribution is -0.119. The molecule has 2 N–H and O–H groups in total. The minimum Gasteiger partial charge on any atom is -0.395 e. The van der Waals surface area contributed by atoms with Crippen LogP contribution in [-0.2, 0) is 4.79 Å². The van der Waals surface area contributed by atoms with Gasteiger partial charge in [0.15, 0.2) is 5.82 Å². The summed E-state index contributed by atoms with van der Waals surface area (Å²) >= 11 is 0. The average molecular weight is 267 g/mol. The molecule has 1 aromatic heterocycles. The maximum atomic E-state index is 12.0. The summed E-state index contributed by atoms with van der Waals surface area (Å²) < 4.78 is 4.90. The molecule has 1 amide bonds. The third-order valence-corrected chi connectivity index (χ3v) is 3.63. The van der Waals surface area contributed by atoms with Gasteiger partial charge in [0.1, 0.15) is 5.76 Å². The van der Waals surface area contributed by atoms with Gasteiger partial charge in [-0.05, 0) is 26.7 Å². The third-order valence-electron chi connectivity index (χ3n) is 3.63. The number of likely N-dealkylation sites (tertiary alicyclic amines) is 1. The number of hydrogen-bond acceptors (Lipinski definition) is 5. The van der Waals surface area contributed by atoms with Gasteiger partial charge in [0.05, 0.1) is 13.2 Å². The number of aromatic nitrogens is 1. The summed E-state index contributed by atoms with van der Waals surface area (Å²) in [6.45, 7) is 4.24. The molecule has 106 valence electrons. The van der Waals surface area contributed by atoms with E-state index in [1.807, 2.05) is 0 Å². The zero-order valence-electron chi connectivity index (χ0n) is 11.4. The number of nitrogens with one attached hydrogen (secondary N) is 1. The van der Waals surface area contributed by atoms with E-state index in [0.29, 0.717) is 17.6 Å². The Labute approximate surface area is 112 Å². The van der Waals surface area contributed by atoms with Gasteiger partial charge in [-0.25, -0.2) is 0 Å². The molecule has 1 fully saturated rings. The van der Waals surface area contributed by atoms with Crippen LogP contribution in [0.25, 0.3) is 0 Å². The van der Waals surface area contributed by atoms with E-state index in [4.69, 9.17) is 4.52 Å². The van der Waals surface area contributed by atoms with Crippen molar-refractivity contribution in [1.29, 1.82) is 0 Å². The summed E-state index contributed by atoms with van der Waals surface area (Å²) in [7, 11) is 0. The predicted octanol–water partition coefficient (Wildman–Crippen LogP) is 1.16. The molecule has 0 radical (unpaired) electrons. The van der Waals surface area contributed by atoms with Gasteiger partial charge in [-0.3, -0.25) is 9.69 Å². The van der Waals surface area contributed by atoms with E-state index in [0.717, 1.165) is 19.3 Å². The van der Waals surface area contributed by atoms with Crippen LogP contribution in [0.2, 0.25) is 0 Å².